The maximum absolute atomic E-state index is 8.98. The third-order valence-corrected chi connectivity index (χ3v) is 3.77. The summed E-state index contributed by atoms with van der Waals surface area (Å²) < 4.78 is 10.7. The Balaban J connectivity index is 2.19. The van der Waals surface area contributed by atoms with Gasteiger partial charge in [-0.2, -0.15) is 0 Å². The molecule has 4 nitrogen and oxygen atoms in total. The number of methoxy groups -OCH3 is 2. The Morgan fingerprint density at radius 3 is 2.84 bits per heavy atom. The van der Waals surface area contributed by atoms with E-state index < -0.39 is 0 Å². The van der Waals surface area contributed by atoms with Gasteiger partial charge in [0.25, 0.3) is 0 Å². The minimum absolute atomic E-state index is 0.253. The predicted octanol–water partition coefficient (Wildman–Crippen LogP) is 2.22. The van der Waals surface area contributed by atoms with Crippen molar-refractivity contribution in [1.82, 2.24) is 4.90 Å². The van der Waals surface area contributed by atoms with Gasteiger partial charge in [0.15, 0.2) is 0 Å². The first kappa shape index (κ1) is 14.2. The zero-order valence-electron chi connectivity index (χ0n) is 11.8. The van der Waals surface area contributed by atoms with Crippen LogP contribution in [0.2, 0.25) is 0 Å². The molecule has 1 aromatic carbocycles. The Morgan fingerprint density at radius 1 is 1.32 bits per heavy atom. The lowest BCUT2D eigenvalue weighted by molar-refractivity contribution is 0.211. The lowest BCUT2D eigenvalue weighted by Crippen LogP contribution is -2.25. The van der Waals surface area contributed by atoms with Gasteiger partial charge < -0.3 is 14.6 Å². The van der Waals surface area contributed by atoms with Crippen LogP contribution in [0.3, 0.4) is 0 Å². The molecule has 1 aromatic rings. The number of nitrogens with zero attached hydrogens (tertiary/aromatic N) is 1. The van der Waals surface area contributed by atoms with E-state index in [-0.39, 0.29) is 6.61 Å². The number of benzene rings is 1. The molecule has 1 N–H and O–H groups in total. The molecule has 2 rings (SSSR count). The second kappa shape index (κ2) is 6.78. The van der Waals surface area contributed by atoms with Gasteiger partial charge in [-0.3, -0.25) is 4.90 Å². The number of aliphatic hydroxyl groups is 1. The first-order chi connectivity index (χ1) is 9.30. The van der Waals surface area contributed by atoms with Crippen LogP contribution in [0.25, 0.3) is 0 Å². The van der Waals surface area contributed by atoms with Crippen LogP contribution in [0, 0.1) is 0 Å². The average Bonchev–Trinajstić information content (AvgIpc) is 2.92. The fourth-order valence-electron chi connectivity index (χ4n) is 2.81. The van der Waals surface area contributed by atoms with Crippen molar-refractivity contribution in [2.24, 2.45) is 0 Å². The molecule has 0 aromatic heterocycles. The summed E-state index contributed by atoms with van der Waals surface area (Å²) in [4.78, 5) is 2.43. The van der Waals surface area contributed by atoms with Crippen LogP contribution in [0.5, 0.6) is 11.5 Å². The molecule has 0 aliphatic carbocycles. The Bertz CT molecular complexity index is 408. The van der Waals surface area contributed by atoms with Gasteiger partial charge in [0.05, 0.1) is 14.2 Å². The minimum atomic E-state index is 0.253. The van der Waals surface area contributed by atoms with E-state index in [0.29, 0.717) is 6.04 Å². The van der Waals surface area contributed by atoms with E-state index in [2.05, 4.69) is 11.0 Å². The molecule has 1 aliphatic heterocycles. The maximum Gasteiger partial charge on any atom is 0.127 e. The summed E-state index contributed by atoms with van der Waals surface area (Å²) in [6, 6.07) is 6.42. The monoisotopic (exact) mass is 265 g/mol. The molecular formula is C15H23NO3. The van der Waals surface area contributed by atoms with Crippen LogP contribution in [0.15, 0.2) is 18.2 Å². The highest BCUT2D eigenvalue weighted by molar-refractivity contribution is 5.42. The predicted molar refractivity (Wildman–Crippen MR) is 74.8 cm³/mol. The van der Waals surface area contributed by atoms with Gasteiger partial charge in [-0.25, -0.2) is 0 Å². The Labute approximate surface area is 114 Å². The van der Waals surface area contributed by atoms with Crippen molar-refractivity contribution in [2.75, 3.05) is 33.9 Å². The summed E-state index contributed by atoms with van der Waals surface area (Å²) in [5, 5.41) is 8.98. The molecule has 0 spiro atoms. The highest BCUT2D eigenvalue weighted by atomic mass is 16.5. The second-order valence-electron chi connectivity index (χ2n) is 4.88. The molecule has 1 saturated heterocycles. The molecule has 1 atom stereocenters. The minimum Gasteiger partial charge on any atom is -0.497 e. The number of aliphatic hydroxyl groups excluding tert-OH is 1. The first-order valence-electron chi connectivity index (χ1n) is 6.87. The van der Waals surface area contributed by atoms with Crippen LogP contribution in [-0.2, 0) is 0 Å². The molecule has 0 saturated carbocycles. The topological polar surface area (TPSA) is 41.9 Å². The van der Waals surface area contributed by atoms with Gasteiger partial charge in [-0.1, -0.05) is 6.07 Å². The summed E-state index contributed by atoms with van der Waals surface area (Å²) in [5.41, 5.74) is 1.22. The number of ether oxygens (including phenoxy) is 2. The van der Waals surface area contributed by atoms with Crippen molar-refractivity contribution in [3.8, 4) is 11.5 Å². The van der Waals surface area contributed by atoms with Gasteiger partial charge in [0.1, 0.15) is 11.5 Å². The first-order valence-corrected chi connectivity index (χ1v) is 6.87. The molecule has 19 heavy (non-hydrogen) atoms. The van der Waals surface area contributed by atoms with E-state index in [1.807, 2.05) is 12.1 Å². The highest BCUT2D eigenvalue weighted by Gasteiger charge is 2.27. The summed E-state index contributed by atoms with van der Waals surface area (Å²) in [7, 11) is 3.36. The molecule has 106 valence electrons. The molecule has 1 heterocycles. The van der Waals surface area contributed by atoms with Crippen molar-refractivity contribution < 1.29 is 14.6 Å². The van der Waals surface area contributed by atoms with Gasteiger partial charge in [0, 0.05) is 30.8 Å². The summed E-state index contributed by atoms with van der Waals surface area (Å²) >= 11 is 0. The van der Waals surface area contributed by atoms with Crippen molar-refractivity contribution >= 4 is 0 Å². The van der Waals surface area contributed by atoms with Crippen molar-refractivity contribution in [1.29, 1.82) is 0 Å². The zero-order chi connectivity index (χ0) is 13.7. The molecule has 0 radical (unpaired) electrons. The average molecular weight is 265 g/mol. The largest absolute Gasteiger partial charge is 0.497 e. The Kier molecular flexibility index (Phi) is 5.05. The zero-order valence-corrected chi connectivity index (χ0v) is 11.8. The highest BCUT2D eigenvalue weighted by Crippen LogP contribution is 2.38. The Morgan fingerprint density at radius 2 is 2.16 bits per heavy atom. The van der Waals surface area contributed by atoms with Gasteiger partial charge >= 0.3 is 0 Å². The van der Waals surface area contributed by atoms with Crippen LogP contribution >= 0.6 is 0 Å². The molecule has 4 heteroatoms. The van der Waals surface area contributed by atoms with E-state index in [9.17, 15) is 0 Å². The van der Waals surface area contributed by atoms with E-state index in [0.717, 1.165) is 37.4 Å². The summed E-state index contributed by atoms with van der Waals surface area (Å²) in [6.07, 6.45) is 3.17. The standard InChI is InChI=1S/C15H23NO3/c1-18-12-6-7-13(15(11-12)19-2)14-5-3-8-16(14)9-4-10-17/h6-7,11,14,17H,3-5,8-10H2,1-2H3. The maximum atomic E-state index is 8.98. The number of rotatable bonds is 6. The summed E-state index contributed by atoms with van der Waals surface area (Å²) in [6.45, 7) is 2.29. The summed E-state index contributed by atoms with van der Waals surface area (Å²) in [5.74, 6) is 1.71. The van der Waals surface area contributed by atoms with Crippen molar-refractivity contribution in [3.63, 3.8) is 0 Å². The van der Waals surface area contributed by atoms with Crippen LogP contribution in [0.1, 0.15) is 30.9 Å². The molecular weight excluding hydrogens is 242 g/mol. The fourth-order valence-corrected chi connectivity index (χ4v) is 2.81. The van der Waals surface area contributed by atoms with Crippen molar-refractivity contribution in [2.45, 2.75) is 25.3 Å². The van der Waals surface area contributed by atoms with Gasteiger partial charge in [0.2, 0.25) is 0 Å². The SMILES string of the molecule is COc1ccc(C2CCCN2CCCO)c(OC)c1. The molecule has 0 amide bonds. The van der Waals surface area contributed by atoms with Crippen LogP contribution in [-0.4, -0.2) is 43.9 Å². The smallest absolute Gasteiger partial charge is 0.127 e. The fraction of sp³-hybridized carbons (Fsp3) is 0.600. The second-order valence-corrected chi connectivity index (χ2v) is 4.88. The van der Waals surface area contributed by atoms with E-state index in [1.54, 1.807) is 14.2 Å². The third-order valence-electron chi connectivity index (χ3n) is 3.77. The normalized spacial score (nSPS) is 19.6. The van der Waals surface area contributed by atoms with Gasteiger partial charge in [-0.15, -0.1) is 0 Å². The number of likely N-dealkylation sites (tertiary alicyclic amines) is 1. The molecule has 1 fully saturated rings. The third kappa shape index (κ3) is 3.19. The lowest BCUT2D eigenvalue weighted by atomic mass is 10.0. The lowest BCUT2D eigenvalue weighted by Gasteiger charge is -2.26. The van der Waals surface area contributed by atoms with E-state index in [1.165, 1.54) is 12.0 Å². The molecule has 1 unspecified atom stereocenters. The molecule has 1 aliphatic rings. The van der Waals surface area contributed by atoms with E-state index >= 15 is 0 Å². The van der Waals surface area contributed by atoms with Crippen molar-refractivity contribution in [3.05, 3.63) is 23.8 Å². The van der Waals surface area contributed by atoms with E-state index in [4.69, 9.17) is 14.6 Å². The van der Waals surface area contributed by atoms with Gasteiger partial charge in [-0.05, 0) is 31.9 Å². The number of hydrogen-bond acceptors (Lipinski definition) is 4. The van der Waals surface area contributed by atoms with Crippen LogP contribution in [0.4, 0.5) is 0 Å². The van der Waals surface area contributed by atoms with Crippen LogP contribution < -0.4 is 9.47 Å². The Hall–Kier alpha value is -1.26. The molecule has 0 bridgehead atoms. The quantitative estimate of drug-likeness (QED) is 0.856. The number of hydrogen-bond donors (Lipinski definition) is 1.